The summed E-state index contributed by atoms with van der Waals surface area (Å²) in [6.07, 6.45) is 2.74. The summed E-state index contributed by atoms with van der Waals surface area (Å²) in [6, 6.07) is 7.97. The van der Waals surface area contributed by atoms with Gasteiger partial charge in [-0.05, 0) is 70.8 Å². The molecule has 0 bridgehead atoms. The Kier molecular flexibility index (Phi) is 7.05. The molecule has 1 aromatic rings. The summed E-state index contributed by atoms with van der Waals surface area (Å²) in [4.78, 5) is 2.29. The molecule has 1 aromatic carbocycles. The van der Waals surface area contributed by atoms with Gasteiger partial charge in [0.15, 0.2) is 0 Å². The van der Waals surface area contributed by atoms with E-state index in [2.05, 4.69) is 21.7 Å². The monoisotopic (exact) mass is 370 g/mol. The summed E-state index contributed by atoms with van der Waals surface area (Å²) >= 11 is 4.91. The second-order valence-corrected chi connectivity index (χ2v) is 10.0. The first-order valence-electron chi connectivity index (χ1n) is 8.40. The molecule has 1 aliphatic heterocycles. The van der Waals surface area contributed by atoms with Crippen molar-refractivity contribution >= 4 is 30.6 Å². The number of hydrogen-bond donors (Lipinski definition) is 1. The Balaban J connectivity index is 2.13. The fourth-order valence-electron chi connectivity index (χ4n) is 2.95. The highest BCUT2D eigenvalue weighted by atomic mass is 35.5. The molecule has 1 unspecified atom stereocenters. The third kappa shape index (κ3) is 5.65. The van der Waals surface area contributed by atoms with Gasteiger partial charge in [0.2, 0.25) is 0 Å². The van der Waals surface area contributed by atoms with Crippen LogP contribution in [0.5, 0.6) is 0 Å². The average molecular weight is 371 g/mol. The maximum atomic E-state index is 12.7. The predicted molar refractivity (Wildman–Crippen MR) is 104 cm³/mol. The van der Waals surface area contributed by atoms with Crippen molar-refractivity contribution < 1.29 is 9.21 Å². The van der Waals surface area contributed by atoms with E-state index in [4.69, 9.17) is 16.3 Å². The SMILES string of the molecule is COBN1CCC(Cc2ccc(Cl)cc2)(N[S+]([O-])C(C)(C)C)CC1. The van der Waals surface area contributed by atoms with Gasteiger partial charge in [-0.15, -0.1) is 4.72 Å². The number of rotatable bonds is 6. The number of nitrogens with one attached hydrogen (secondary N) is 1. The zero-order valence-corrected chi connectivity index (χ0v) is 16.7. The molecule has 0 spiro atoms. The van der Waals surface area contributed by atoms with Crippen molar-refractivity contribution in [2.75, 3.05) is 20.2 Å². The maximum Gasteiger partial charge on any atom is 0.363 e. The van der Waals surface area contributed by atoms with E-state index in [1.54, 1.807) is 7.11 Å². The van der Waals surface area contributed by atoms with Gasteiger partial charge in [-0.2, -0.15) is 0 Å². The first kappa shape index (κ1) is 20.1. The van der Waals surface area contributed by atoms with Crippen molar-refractivity contribution in [3.05, 3.63) is 34.9 Å². The molecule has 0 aromatic heterocycles. The zero-order chi connectivity index (χ0) is 17.8. The molecule has 1 N–H and O–H groups in total. The first-order valence-corrected chi connectivity index (χ1v) is 9.92. The second kappa shape index (κ2) is 8.43. The van der Waals surface area contributed by atoms with Gasteiger partial charge < -0.3 is 14.0 Å². The van der Waals surface area contributed by atoms with E-state index in [0.717, 1.165) is 37.4 Å². The minimum Gasteiger partial charge on any atom is -0.598 e. The van der Waals surface area contributed by atoms with Gasteiger partial charge in [-0.1, -0.05) is 23.7 Å². The summed E-state index contributed by atoms with van der Waals surface area (Å²) in [6.45, 7) is 7.90. The molecule has 1 aliphatic rings. The molecule has 4 nitrogen and oxygen atoms in total. The van der Waals surface area contributed by atoms with Gasteiger partial charge in [-0.3, -0.25) is 0 Å². The third-order valence-corrected chi connectivity index (χ3v) is 6.43. The van der Waals surface area contributed by atoms with Crippen LogP contribution in [0.1, 0.15) is 39.2 Å². The van der Waals surface area contributed by atoms with E-state index >= 15 is 0 Å². The minimum atomic E-state index is -1.09. The van der Waals surface area contributed by atoms with Crippen LogP contribution in [0.15, 0.2) is 24.3 Å². The Morgan fingerprint density at radius 1 is 1.29 bits per heavy atom. The lowest BCUT2D eigenvalue weighted by atomic mass is 9.81. The smallest absolute Gasteiger partial charge is 0.363 e. The van der Waals surface area contributed by atoms with Crippen LogP contribution in [-0.2, 0) is 22.4 Å². The van der Waals surface area contributed by atoms with E-state index in [-0.39, 0.29) is 10.3 Å². The van der Waals surface area contributed by atoms with Crippen molar-refractivity contribution in [1.82, 2.24) is 9.53 Å². The molecule has 0 saturated carbocycles. The highest BCUT2D eigenvalue weighted by Crippen LogP contribution is 2.30. The van der Waals surface area contributed by atoms with Gasteiger partial charge in [0.25, 0.3) is 0 Å². The minimum absolute atomic E-state index is 0.157. The Morgan fingerprint density at radius 2 is 1.88 bits per heavy atom. The molecular formula is C17H28BClN2O2S. The van der Waals surface area contributed by atoms with E-state index in [9.17, 15) is 4.55 Å². The summed E-state index contributed by atoms with van der Waals surface area (Å²) < 4.78 is 21.2. The normalized spacial score (nSPS) is 19.9. The molecule has 1 heterocycles. The van der Waals surface area contributed by atoms with E-state index in [0.29, 0.717) is 7.62 Å². The lowest BCUT2D eigenvalue weighted by molar-refractivity contribution is 0.200. The van der Waals surface area contributed by atoms with Gasteiger partial charge >= 0.3 is 7.62 Å². The van der Waals surface area contributed by atoms with Crippen molar-refractivity contribution in [3.63, 3.8) is 0 Å². The van der Waals surface area contributed by atoms with E-state index in [1.165, 1.54) is 5.56 Å². The van der Waals surface area contributed by atoms with Crippen LogP contribution in [0.2, 0.25) is 5.02 Å². The molecule has 0 radical (unpaired) electrons. The molecule has 7 heteroatoms. The molecule has 1 saturated heterocycles. The van der Waals surface area contributed by atoms with Gasteiger partial charge in [-0.25, -0.2) is 0 Å². The Bertz CT molecular complexity index is 516. The third-order valence-electron chi connectivity index (χ3n) is 4.45. The molecular weight excluding hydrogens is 343 g/mol. The largest absolute Gasteiger partial charge is 0.598 e. The zero-order valence-electron chi connectivity index (χ0n) is 15.1. The molecule has 24 heavy (non-hydrogen) atoms. The van der Waals surface area contributed by atoms with Crippen molar-refractivity contribution in [2.24, 2.45) is 0 Å². The Morgan fingerprint density at radius 3 is 2.38 bits per heavy atom. The maximum absolute atomic E-state index is 12.7. The van der Waals surface area contributed by atoms with E-state index < -0.39 is 11.4 Å². The summed E-state index contributed by atoms with van der Waals surface area (Å²) in [5, 5.41) is 0.744. The van der Waals surface area contributed by atoms with Crippen LogP contribution in [0.4, 0.5) is 0 Å². The van der Waals surface area contributed by atoms with Crippen LogP contribution in [0.3, 0.4) is 0 Å². The molecule has 0 amide bonds. The quantitative estimate of drug-likeness (QED) is 0.618. The highest BCUT2D eigenvalue weighted by Gasteiger charge is 2.41. The average Bonchev–Trinajstić information content (AvgIpc) is 2.51. The fraction of sp³-hybridized carbons (Fsp3) is 0.647. The van der Waals surface area contributed by atoms with Crippen LogP contribution in [0.25, 0.3) is 0 Å². The van der Waals surface area contributed by atoms with Gasteiger partial charge in [0.05, 0.1) is 5.54 Å². The van der Waals surface area contributed by atoms with Crippen molar-refractivity contribution in [3.8, 4) is 0 Å². The molecule has 0 aliphatic carbocycles. The number of benzene rings is 1. The van der Waals surface area contributed by atoms with Crippen molar-refractivity contribution in [2.45, 2.75) is 50.3 Å². The van der Waals surface area contributed by atoms with Gasteiger partial charge in [0.1, 0.15) is 4.75 Å². The first-order chi connectivity index (χ1) is 11.2. The molecule has 134 valence electrons. The number of nitrogens with zero attached hydrogens (tertiary/aromatic N) is 1. The number of hydrogen-bond acceptors (Lipinski definition) is 4. The molecule has 2 rings (SSSR count). The van der Waals surface area contributed by atoms with E-state index in [1.807, 2.05) is 32.9 Å². The highest BCUT2D eigenvalue weighted by molar-refractivity contribution is 7.90. The second-order valence-electron chi connectivity index (χ2n) is 7.60. The van der Waals surface area contributed by atoms with Crippen LogP contribution in [-0.4, -0.2) is 47.5 Å². The number of halogens is 1. The summed E-state index contributed by atoms with van der Waals surface area (Å²) in [7, 11) is 2.38. The lowest BCUT2D eigenvalue weighted by Crippen LogP contribution is -2.59. The summed E-state index contributed by atoms with van der Waals surface area (Å²) in [5.41, 5.74) is 1.06. The Hall–Kier alpha value is -0.235. The lowest BCUT2D eigenvalue weighted by Gasteiger charge is -2.43. The van der Waals surface area contributed by atoms with Crippen LogP contribution < -0.4 is 4.72 Å². The Labute approximate surface area is 154 Å². The molecule has 1 fully saturated rings. The van der Waals surface area contributed by atoms with Crippen LogP contribution >= 0.6 is 11.6 Å². The standard InChI is InChI=1S/C17H28BClN2O2S/c1-16(2,3)24(22)20-17(9-11-21(12-10-17)18-23-4)13-14-5-7-15(19)8-6-14/h5-8,18,20H,9-13H2,1-4H3. The fourth-order valence-corrected chi connectivity index (χ4v) is 4.05. The van der Waals surface area contributed by atoms with Gasteiger partial charge in [0, 0.05) is 23.5 Å². The van der Waals surface area contributed by atoms with Crippen LogP contribution in [0, 0.1) is 0 Å². The number of piperidine rings is 1. The van der Waals surface area contributed by atoms with Crippen molar-refractivity contribution in [1.29, 1.82) is 0 Å². The molecule has 1 atom stereocenters. The predicted octanol–water partition coefficient (Wildman–Crippen LogP) is 2.68. The summed E-state index contributed by atoms with van der Waals surface area (Å²) in [5.74, 6) is 0. The topological polar surface area (TPSA) is 47.6 Å².